The number of hydrogen-bond donors (Lipinski definition) is 3. The maximum Gasteiger partial charge on any atom is 0.405 e. The molecular weight excluding hydrogens is 264 g/mol. The van der Waals surface area contributed by atoms with Crippen molar-refractivity contribution in [2.24, 2.45) is 7.05 Å². The summed E-state index contributed by atoms with van der Waals surface area (Å²) in [6, 6.07) is -1.12. The minimum absolute atomic E-state index is 0.449. The van der Waals surface area contributed by atoms with Crippen LogP contribution in [0, 0.1) is 0 Å². The van der Waals surface area contributed by atoms with E-state index in [1.807, 2.05) is 23.1 Å². The van der Waals surface area contributed by atoms with Gasteiger partial charge < -0.3 is 25.0 Å². The number of carbonyl (C=O) groups excluding carboxylic acids is 1. The molecule has 0 saturated heterocycles. The molecule has 0 fully saturated rings. The Hall–Kier alpha value is -2.09. The Morgan fingerprint density at radius 3 is 2.75 bits per heavy atom. The molecular formula is C12H20N4O4. The second-order valence-corrected chi connectivity index (χ2v) is 4.50. The Morgan fingerprint density at radius 2 is 2.25 bits per heavy atom. The SMILES string of the molecule is CN(CCCc1nccn1C)C(=O)[C@@H](CO)NC(=O)O. The number of aryl methyl sites for hydroxylation is 2. The molecule has 0 aliphatic heterocycles. The zero-order valence-electron chi connectivity index (χ0n) is 11.6. The van der Waals surface area contributed by atoms with Crippen LogP contribution in [0.2, 0.25) is 0 Å². The maximum atomic E-state index is 11.9. The molecule has 1 aromatic heterocycles. The highest BCUT2D eigenvalue weighted by Gasteiger charge is 2.22. The number of rotatable bonds is 7. The number of carbonyl (C=O) groups is 2. The summed E-state index contributed by atoms with van der Waals surface area (Å²) in [6.07, 6.45) is 3.65. The molecule has 0 aliphatic rings. The highest BCUT2D eigenvalue weighted by molar-refractivity contribution is 5.85. The van der Waals surface area contributed by atoms with Gasteiger partial charge in [0.1, 0.15) is 11.9 Å². The maximum absolute atomic E-state index is 11.9. The van der Waals surface area contributed by atoms with Gasteiger partial charge in [-0.25, -0.2) is 9.78 Å². The molecule has 0 unspecified atom stereocenters. The first-order valence-corrected chi connectivity index (χ1v) is 6.27. The van der Waals surface area contributed by atoms with E-state index in [1.54, 1.807) is 13.2 Å². The number of nitrogens with one attached hydrogen (secondary N) is 1. The Bertz CT molecular complexity index is 460. The number of likely N-dealkylation sites (N-methyl/N-ethyl adjacent to an activating group) is 1. The number of imidazole rings is 1. The predicted molar refractivity (Wildman–Crippen MR) is 71.2 cm³/mol. The topological polar surface area (TPSA) is 108 Å². The van der Waals surface area contributed by atoms with Gasteiger partial charge in [0.25, 0.3) is 0 Å². The molecule has 8 nitrogen and oxygen atoms in total. The lowest BCUT2D eigenvalue weighted by Crippen LogP contribution is -2.49. The molecule has 1 rings (SSSR count). The molecule has 0 radical (unpaired) electrons. The third-order valence-electron chi connectivity index (χ3n) is 2.97. The smallest absolute Gasteiger partial charge is 0.405 e. The summed E-state index contributed by atoms with van der Waals surface area (Å²) < 4.78 is 1.91. The van der Waals surface area contributed by atoms with Crippen LogP contribution in [0.1, 0.15) is 12.2 Å². The number of aliphatic hydroxyl groups is 1. The van der Waals surface area contributed by atoms with Crippen LogP contribution in [0.25, 0.3) is 0 Å². The van der Waals surface area contributed by atoms with Gasteiger partial charge in [-0.3, -0.25) is 4.79 Å². The van der Waals surface area contributed by atoms with Crippen LogP contribution in [0.15, 0.2) is 12.4 Å². The summed E-state index contributed by atoms with van der Waals surface area (Å²) in [5.74, 6) is 0.475. The van der Waals surface area contributed by atoms with E-state index in [-0.39, 0.29) is 0 Å². The van der Waals surface area contributed by atoms with E-state index in [9.17, 15) is 9.59 Å². The molecule has 0 aliphatic carbocycles. The zero-order chi connectivity index (χ0) is 15.1. The van der Waals surface area contributed by atoms with Crippen LogP contribution in [0.3, 0.4) is 0 Å². The van der Waals surface area contributed by atoms with E-state index in [2.05, 4.69) is 4.98 Å². The average Bonchev–Trinajstić information content (AvgIpc) is 2.80. The van der Waals surface area contributed by atoms with Crippen molar-refractivity contribution in [1.82, 2.24) is 19.8 Å². The summed E-state index contributed by atoms with van der Waals surface area (Å²) in [5.41, 5.74) is 0. The molecule has 0 saturated carbocycles. The lowest BCUT2D eigenvalue weighted by molar-refractivity contribution is -0.133. The van der Waals surface area contributed by atoms with Crippen LogP contribution >= 0.6 is 0 Å². The molecule has 0 bridgehead atoms. The first-order chi connectivity index (χ1) is 9.45. The second kappa shape index (κ2) is 7.49. The van der Waals surface area contributed by atoms with E-state index in [1.165, 1.54) is 4.90 Å². The molecule has 1 heterocycles. The fourth-order valence-electron chi connectivity index (χ4n) is 1.82. The number of carboxylic acid groups (broad SMARTS) is 1. The average molecular weight is 284 g/mol. The molecule has 0 spiro atoms. The van der Waals surface area contributed by atoms with Crippen molar-refractivity contribution < 1.29 is 19.8 Å². The van der Waals surface area contributed by atoms with Gasteiger partial charge in [0.05, 0.1) is 6.61 Å². The van der Waals surface area contributed by atoms with Crippen LogP contribution < -0.4 is 5.32 Å². The van der Waals surface area contributed by atoms with Gasteiger partial charge in [-0.05, 0) is 6.42 Å². The summed E-state index contributed by atoms with van der Waals surface area (Å²) in [6.45, 7) is -0.0989. The van der Waals surface area contributed by atoms with Crippen molar-refractivity contribution in [3.05, 3.63) is 18.2 Å². The van der Waals surface area contributed by atoms with E-state index in [0.29, 0.717) is 13.0 Å². The largest absolute Gasteiger partial charge is 0.465 e. The Labute approximate surface area is 117 Å². The lowest BCUT2D eigenvalue weighted by atomic mass is 10.2. The monoisotopic (exact) mass is 284 g/mol. The first-order valence-electron chi connectivity index (χ1n) is 6.27. The van der Waals surface area contributed by atoms with Gasteiger partial charge >= 0.3 is 6.09 Å². The highest BCUT2D eigenvalue weighted by atomic mass is 16.4. The van der Waals surface area contributed by atoms with Crippen LogP contribution in [0.5, 0.6) is 0 Å². The molecule has 20 heavy (non-hydrogen) atoms. The Kier molecular flexibility index (Phi) is 5.98. The molecule has 8 heteroatoms. The Morgan fingerprint density at radius 1 is 1.55 bits per heavy atom. The van der Waals surface area contributed by atoms with Gasteiger partial charge in [-0.2, -0.15) is 0 Å². The van der Waals surface area contributed by atoms with E-state index in [4.69, 9.17) is 10.2 Å². The normalized spacial score (nSPS) is 11.9. The first kappa shape index (κ1) is 16.0. The minimum atomic E-state index is -1.33. The van der Waals surface area contributed by atoms with Crippen molar-refractivity contribution in [1.29, 1.82) is 0 Å². The third-order valence-corrected chi connectivity index (χ3v) is 2.97. The summed E-state index contributed by atoms with van der Waals surface area (Å²) >= 11 is 0. The minimum Gasteiger partial charge on any atom is -0.465 e. The van der Waals surface area contributed by atoms with Crippen LogP contribution in [0.4, 0.5) is 4.79 Å². The van der Waals surface area contributed by atoms with Gasteiger partial charge in [0.15, 0.2) is 0 Å². The van der Waals surface area contributed by atoms with E-state index < -0.39 is 24.6 Å². The van der Waals surface area contributed by atoms with Gasteiger partial charge in [-0.1, -0.05) is 0 Å². The molecule has 112 valence electrons. The molecule has 2 amide bonds. The number of nitrogens with zero attached hydrogens (tertiary/aromatic N) is 3. The van der Waals surface area contributed by atoms with Gasteiger partial charge in [0.2, 0.25) is 5.91 Å². The number of hydrogen-bond acceptors (Lipinski definition) is 4. The number of amides is 2. The molecule has 1 aromatic rings. The van der Waals surface area contributed by atoms with Crippen molar-refractivity contribution in [2.45, 2.75) is 18.9 Å². The van der Waals surface area contributed by atoms with E-state index in [0.717, 1.165) is 12.2 Å². The molecule has 0 aromatic carbocycles. The second-order valence-electron chi connectivity index (χ2n) is 4.50. The standard InChI is InChI=1S/C12H20N4O4/c1-15-7-5-13-10(15)4-3-6-16(2)11(18)9(8-17)14-12(19)20/h5,7,9,14,17H,3-4,6,8H2,1-2H3,(H,19,20)/t9-/m1/s1. The number of aliphatic hydroxyl groups excluding tert-OH is 1. The summed E-state index contributed by atoms with van der Waals surface area (Å²) in [5, 5.41) is 19.6. The van der Waals surface area contributed by atoms with E-state index >= 15 is 0 Å². The van der Waals surface area contributed by atoms with Crippen molar-refractivity contribution in [3.63, 3.8) is 0 Å². The fourth-order valence-corrected chi connectivity index (χ4v) is 1.82. The van der Waals surface area contributed by atoms with Crippen LogP contribution in [-0.4, -0.2) is 62.9 Å². The Balaban J connectivity index is 2.41. The van der Waals surface area contributed by atoms with Crippen LogP contribution in [-0.2, 0) is 18.3 Å². The molecule has 1 atom stereocenters. The summed E-state index contributed by atoms with van der Waals surface area (Å²) in [7, 11) is 3.47. The fraction of sp³-hybridized carbons (Fsp3) is 0.583. The number of aromatic nitrogens is 2. The lowest BCUT2D eigenvalue weighted by Gasteiger charge is -2.22. The zero-order valence-corrected chi connectivity index (χ0v) is 11.6. The quantitative estimate of drug-likeness (QED) is 0.622. The van der Waals surface area contributed by atoms with Crippen molar-refractivity contribution in [2.75, 3.05) is 20.2 Å². The van der Waals surface area contributed by atoms with Crippen molar-refractivity contribution >= 4 is 12.0 Å². The highest BCUT2D eigenvalue weighted by Crippen LogP contribution is 2.01. The molecule has 3 N–H and O–H groups in total. The van der Waals surface area contributed by atoms with Gasteiger partial charge in [0, 0.05) is 39.5 Å². The summed E-state index contributed by atoms with van der Waals surface area (Å²) in [4.78, 5) is 28.0. The third kappa shape index (κ3) is 4.54. The van der Waals surface area contributed by atoms with Gasteiger partial charge in [-0.15, -0.1) is 0 Å². The van der Waals surface area contributed by atoms with Crippen molar-refractivity contribution in [3.8, 4) is 0 Å². The predicted octanol–water partition coefficient (Wildman–Crippen LogP) is -0.560.